The Hall–Kier alpha value is -2.45. The monoisotopic (exact) mass is 385 g/mol. The van der Waals surface area contributed by atoms with Gasteiger partial charge in [-0.15, -0.1) is 11.3 Å². The van der Waals surface area contributed by atoms with Gasteiger partial charge in [0.2, 0.25) is 0 Å². The van der Waals surface area contributed by atoms with Crippen LogP contribution in [0.3, 0.4) is 0 Å². The summed E-state index contributed by atoms with van der Waals surface area (Å²) in [5.41, 5.74) is 2.05. The number of esters is 1. The zero-order chi connectivity index (χ0) is 17.9. The zero-order valence-corrected chi connectivity index (χ0v) is 15.4. The molecule has 0 unspecified atom stereocenters. The van der Waals surface area contributed by atoms with E-state index >= 15 is 0 Å². The Morgan fingerprint density at radius 2 is 2.12 bits per heavy atom. The van der Waals surface area contributed by atoms with Crippen LogP contribution in [-0.4, -0.2) is 40.7 Å². The smallest absolute Gasteiger partial charge is 0.316 e. The largest absolute Gasteiger partial charge is 0.455 e. The number of thioether (sulfide) groups is 1. The van der Waals surface area contributed by atoms with Gasteiger partial charge in [0.05, 0.1) is 5.75 Å². The van der Waals surface area contributed by atoms with Crippen LogP contribution in [0.25, 0.3) is 10.2 Å². The van der Waals surface area contributed by atoms with Gasteiger partial charge in [0.25, 0.3) is 5.91 Å². The van der Waals surface area contributed by atoms with Crippen molar-refractivity contribution in [2.75, 3.05) is 23.8 Å². The van der Waals surface area contributed by atoms with Gasteiger partial charge in [0.15, 0.2) is 6.61 Å². The van der Waals surface area contributed by atoms with Crippen LogP contribution in [0, 0.1) is 0 Å². The fraction of sp³-hybridized carbons (Fsp3) is 0.222. The molecule has 6 nitrogen and oxygen atoms in total. The molecule has 26 heavy (non-hydrogen) atoms. The summed E-state index contributed by atoms with van der Waals surface area (Å²) in [5, 5.41) is 3.61. The molecule has 0 saturated heterocycles. The molecule has 0 radical (unpaired) electrons. The molecule has 0 bridgehead atoms. The molecule has 1 amide bonds. The number of carbonyl (C=O) groups excluding carboxylic acids is 2. The highest BCUT2D eigenvalue weighted by Gasteiger charge is 2.24. The summed E-state index contributed by atoms with van der Waals surface area (Å²) < 4.78 is 5.15. The average Bonchev–Trinajstić information content (AvgIpc) is 3.31. The minimum absolute atomic E-state index is 0.103. The number of thiophene rings is 1. The van der Waals surface area contributed by atoms with Crippen molar-refractivity contribution in [2.45, 2.75) is 11.4 Å². The Labute approximate surface area is 158 Å². The molecule has 132 valence electrons. The molecule has 1 aliphatic rings. The van der Waals surface area contributed by atoms with Crippen LogP contribution in [0.5, 0.6) is 0 Å². The molecule has 3 aromatic rings. The number of fused-ring (bicyclic) bond motifs is 2. The van der Waals surface area contributed by atoms with Crippen molar-refractivity contribution >= 4 is 50.9 Å². The first-order valence-corrected chi connectivity index (χ1v) is 9.94. The van der Waals surface area contributed by atoms with Gasteiger partial charge >= 0.3 is 5.97 Å². The number of nitrogens with zero attached hydrogens (tertiary/aromatic N) is 3. The van der Waals surface area contributed by atoms with Gasteiger partial charge < -0.3 is 9.64 Å². The Bertz CT molecular complexity index is 973. The summed E-state index contributed by atoms with van der Waals surface area (Å²) in [6.45, 7) is 0.382. The van der Waals surface area contributed by atoms with E-state index in [-0.39, 0.29) is 18.3 Å². The third-order valence-electron chi connectivity index (χ3n) is 4.10. The van der Waals surface area contributed by atoms with E-state index in [4.69, 9.17) is 4.74 Å². The second-order valence-corrected chi connectivity index (χ2v) is 7.55. The molecule has 1 aliphatic heterocycles. The predicted molar refractivity (Wildman–Crippen MR) is 102 cm³/mol. The van der Waals surface area contributed by atoms with Crippen molar-refractivity contribution in [3.8, 4) is 0 Å². The van der Waals surface area contributed by atoms with Crippen LogP contribution in [0.4, 0.5) is 5.69 Å². The third kappa shape index (κ3) is 3.42. The minimum Gasteiger partial charge on any atom is -0.455 e. The zero-order valence-electron chi connectivity index (χ0n) is 13.8. The standard InChI is InChI=1S/C18H15N3O3S2/c22-15(21-7-5-12-3-1-2-4-14(12)21)9-24-16(23)10-26-18-13-6-8-25-17(13)19-11-20-18/h1-4,6,8,11H,5,7,9-10H2. The first-order valence-electron chi connectivity index (χ1n) is 8.07. The molecule has 0 N–H and O–H groups in total. The number of aromatic nitrogens is 2. The van der Waals surface area contributed by atoms with Gasteiger partial charge in [-0.1, -0.05) is 30.0 Å². The molecule has 1 aromatic carbocycles. The Kier molecular flexibility index (Phi) is 4.85. The number of carbonyl (C=O) groups is 2. The highest BCUT2D eigenvalue weighted by Crippen LogP contribution is 2.28. The molecule has 0 atom stereocenters. The van der Waals surface area contributed by atoms with E-state index in [1.807, 2.05) is 35.7 Å². The summed E-state index contributed by atoms with van der Waals surface area (Å²) in [4.78, 5) is 35.3. The van der Waals surface area contributed by atoms with Crippen LogP contribution < -0.4 is 4.90 Å². The lowest BCUT2D eigenvalue weighted by molar-refractivity contribution is -0.145. The highest BCUT2D eigenvalue weighted by molar-refractivity contribution is 8.00. The van der Waals surface area contributed by atoms with Gasteiger partial charge in [-0.2, -0.15) is 0 Å². The van der Waals surface area contributed by atoms with Crippen LogP contribution >= 0.6 is 23.1 Å². The van der Waals surface area contributed by atoms with Crippen LogP contribution in [-0.2, 0) is 20.7 Å². The first kappa shape index (κ1) is 17.0. The Morgan fingerprint density at radius 3 is 3.04 bits per heavy atom. The Morgan fingerprint density at radius 1 is 1.23 bits per heavy atom. The van der Waals surface area contributed by atoms with Crippen molar-refractivity contribution in [1.29, 1.82) is 0 Å². The summed E-state index contributed by atoms with van der Waals surface area (Å²) in [6.07, 6.45) is 2.32. The number of amides is 1. The molecule has 0 fully saturated rings. The molecular weight excluding hydrogens is 370 g/mol. The van der Waals surface area contributed by atoms with Gasteiger partial charge in [0, 0.05) is 17.6 Å². The van der Waals surface area contributed by atoms with Crippen LogP contribution in [0.1, 0.15) is 5.56 Å². The van der Waals surface area contributed by atoms with Crippen LogP contribution in [0.2, 0.25) is 0 Å². The maximum atomic E-state index is 12.3. The fourth-order valence-corrected chi connectivity index (χ4v) is 4.45. The molecule has 0 spiro atoms. The van der Waals surface area contributed by atoms with E-state index < -0.39 is 5.97 Å². The number of rotatable bonds is 5. The van der Waals surface area contributed by atoms with Crippen molar-refractivity contribution in [2.24, 2.45) is 0 Å². The van der Waals surface area contributed by atoms with Crippen molar-refractivity contribution in [3.63, 3.8) is 0 Å². The first-order chi connectivity index (χ1) is 12.7. The summed E-state index contributed by atoms with van der Waals surface area (Å²) in [5.74, 6) is -0.528. The molecule has 4 rings (SSSR count). The maximum Gasteiger partial charge on any atom is 0.316 e. The van der Waals surface area contributed by atoms with E-state index in [1.165, 1.54) is 29.4 Å². The molecule has 0 saturated carbocycles. The summed E-state index contributed by atoms with van der Waals surface area (Å²) in [6, 6.07) is 9.72. The van der Waals surface area contributed by atoms with E-state index in [0.717, 1.165) is 32.9 Å². The van der Waals surface area contributed by atoms with Crippen LogP contribution in [0.15, 0.2) is 47.1 Å². The molecule has 8 heteroatoms. The Balaban J connectivity index is 1.30. The van der Waals surface area contributed by atoms with Crippen molar-refractivity contribution in [1.82, 2.24) is 9.97 Å². The number of anilines is 1. The topological polar surface area (TPSA) is 72.4 Å². The summed E-state index contributed by atoms with van der Waals surface area (Å²) >= 11 is 2.82. The lowest BCUT2D eigenvalue weighted by Crippen LogP contribution is -2.33. The van der Waals surface area contributed by atoms with E-state index in [0.29, 0.717) is 6.54 Å². The molecule has 0 aliphatic carbocycles. The normalized spacial score (nSPS) is 13.0. The lowest BCUT2D eigenvalue weighted by atomic mass is 10.2. The number of ether oxygens (including phenoxy) is 1. The van der Waals surface area contributed by atoms with Gasteiger partial charge in [-0.3, -0.25) is 9.59 Å². The number of para-hydroxylation sites is 1. The van der Waals surface area contributed by atoms with E-state index in [2.05, 4.69) is 9.97 Å². The lowest BCUT2D eigenvalue weighted by Gasteiger charge is -2.17. The second kappa shape index (κ2) is 7.43. The van der Waals surface area contributed by atoms with Gasteiger partial charge in [0.1, 0.15) is 16.2 Å². The molecule has 3 heterocycles. The number of benzene rings is 1. The highest BCUT2D eigenvalue weighted by atomic mass is 32.2. The predicted octanol–water partition coefficient (Wildman–Crippen LogP) is 2.92. The fourth-order valence-electron chi connectivity index (χ4n) is 2.87. The SMILES string of the molecule is O=C(CSc1ncnc2sccc12)OCC(=O)N1CCc2ccccc21. The van der Waals surface area contributed by atoms with Gasteiger partial charge in [-0.05, 0) is 29.5 Å². The average molecular weight is 385 g/mol. The second-order valence-electron chi connectivity index (χ2n) is 5.69. The minimum atomic E-state index is -0.433. The van der Waals surface area contributed by atoms with Crippen molar-refractivity contribution in [3.05, 3.63) is 47.6 Å². The quantitative estimate of drug-likeness (QED) is 0.382. The number of hydrogen-bond donors (Lipinski definition) is 0. The molecule has 2 aromatic heterocycles. The third-order valence-corrected chi connectivity index (χ3v) is 5.90. The van der Waals surface area contributed by atoms with Gasteiger partial charge in [-0.25, -0.2) is 9.97 Å². The van der Waals surface area contributed by atoms with Crippen molar-refractivity contribution < 1.29 is 14.3 Å². The maximum absolute atomic E-state index is 12.3. The van der Waals surface area contributed by atoms with E-state index in [1.54, 1.807) is 4.90 Å². The molecular formula is C18H15N3O3S2. The summed E-state index contributed by atoms with van der Waals surface area (Å²) in [7, 11) is 0. The van der Waals surface area contributed by atoms with E-state index in [9.17, 15) is 9.59 Å². The number of hydrogen-bond acceptors (Lipinski definition) is 7.